The largest absolute Gasteiger partial charge is 0.463 e. The summed E-state index contributed by atoms with van der Waals surface area (Å²) in [6, 6.07) is 6.84. The third-order valence-electron chi connectivity index (χ3n) is 3.49. The van der Waals surface area contributed by atoms with E-state index in [1.54, 1.807) is 25.3 Å². The van der Waals surface area contributed by atoms with Crippen LogP contribution in [0, 0.1) is 5.82 Å². The van der Waals surface area contributed by atoms with E-state index in [9.17, 15) is 9.18 Å². The molecule has 2 rings (SSSR count). The third kappa shape index (κ3) is 3.97. The summed E-state index contributed by atoms with van der Waals surface area (Å²) in [5.41, 5.74) is 3.01. The molecule has 2 aromatic rings. The number of hydrogen-bond acceptors (Lipinski definition) is 2. The maximum Gasteiger partial charge on any atom is 0.330 e. The van der Waals surface area contributed by atoms with Gasteiger partial charge in [0.15, 0.2) is 0 Å². The molecule has 0 aliphatic carbocycles. The van der Waals surface area contributed by atoms with Crippen LogP contribution in [0.15, 0.2) is 43.1 Å². The summed E-state index contributed by atoms with van der Waals surface area (Å²) in [4.78, 5) is 11.3. The van der Waals surface area contributed by atoms with Gasteiger partial charge in [0, 0.05) is 35.3 Å². The minimum Gasteiger partial charge on any atom is -0.463 e. The van der Waals surface area contributed by atoms with Crippen molar-refractivity contribution in [3.05, 3.63) is 60.2 Å². The molecular formula is C19H20FNO2. The van der Waals surface area contributed by atoms with Gasteiger partial charge in [0.1, 0.15) is 5.82 Å². The van der Waals surface area contributed by atoms with Crippen LogP contribution < -0.4 is 0 Å². The molecule has 1 heterocycles. The Morgan fingerprint density at radius 3 is 2.70 bits per heavy atom. The Hall–Kier alpha value is -2.62. The first-order chi connectivity index (χ1) is 11.1. The monoisotopic (exact) mass is 313 g/mol. The van der Waals surface area contributed by atoms with E-state index < -0.39 is 5.97 Å². The highest BCUT2D eigenvalue weighted by Gasteiger charge is 2.09. The molecule has 3 nitrogen and oxygen atoms in total. The number of carbonyl (C=O) groups is 1. The minimum atomic E-state index is -0.437. The lowest BCUT2D eigenvalue weighted by atomic mass is 10.1. The van der Waals surface area contributed by atoms with E-state index >= 15 is 0 Å². The fourth-order valence-corrected chi connectivity index (χ4v) is 2.35. The number of benzene rings is 1. The normalized spacial score (nSPS) is 10.9. The van der Waals surface area contributed by atoms with Crippen LogP contribution in [0.2, 0.25) is 0 Å². The fourth-order valence-electron chi connectivity index (χ4n) is 2.35. The summed E-state index contributed by atoms with van der Waals surface area (Å²) in [7, 11) is 0. The third-order valence-corrected chi connectivity index (χ3v) is 3.49. The van der Waals surface area contributed by atoms with Crippen molar-refractivity contribution in [3.63, 3.8) is 0 Å². The fraction of sp³-hybridized carbons (Fsp3) is 0.211. The van der Waals surface area contributed by atoms with Crippen molar-refractivity contribution in [2.24, 2.45) is 0 Å². The molecule has 4 heteroatoms. The smallest absolute Gasteiger partial charge is 0.330 e. The highest BCUT2D eigenvalue weighted by atomic mass is 19.1. The van der Waals surface area contributed by atoms with E-state index in [2.05, 4.69) is 6.58 Å². The minimum absolute atomic E-state index is 0.316. The average molecular weight is 313 g/mol. The Bertz CT molecular complexity index is 744. The topological polar surface area (TPSA) is 31.2 Å². The molecule has 120 valence electrons. The summed E-state index contributed by atoms with van der Waals surface area (Å²) < 4.78 is 21.1. The molecule has 0 fully saturated rings. The average Bonchev–Trinajstić information content (AvgIpc) is 2.96. The molecule has 0 aliphatic heterocycles. The van der Waals surface area contributed by atoms with Crippen molar-refractivity contribution in [1.29, 1.82) is 0 Å². The first-order valence-corrected chi connectivity index (χ1v) is 7.57. The Morgan fingerprint density at radius 1 is 1.35 bits per heavy atom. The van der Waals surface area contributed by atoms with Crippen molar-refractivity contribution in [2.45, 2.75) is 20.3 Å². The number of carbonyl (C=O) groups excluding carboxylic acids is 1. The first-order valence-electron chi connectivity index (χ1n) is 7.57. The lowest BCUT2D eigenvalue weighted by molar-refractivity contribution is -0.137. The molecule has 1 aromatic carbocycles. The number of esters is 1. The van der Waals surface area contributed by atoms with Crippen LogP contribution >= 0.6 is 0 Å². The van der Waals surface area contributed by atoms with Gasteiger partial charge in [0.25, 0.3) is 0 Å². The number of halogens is 1. The highest BCUT2D eigenvalue weighted by Crippen LogP contribution is 2.26. The van der Waals surface area contributed by atoms with Gasteiger partial charge in [-0.1, -0.05) is 25.6 Å². The van der Waals surface area contributed by atoms with Crippen molar-refractivity contribution in [3.8, 4) is 11.1 Å². The number of hydrogen-bond donors (Lipinski definition) is 0. The zero-order valence-electron chi connectivity index (χ0n) is 13.4. The quantitative estimate of drug-likeness (QED) is 0.579. The van der Waals surface area contributed by atoms with E-state index in [1.807, 2.05) is 23.8 Å². The van der Waals surface area contributed by atoms with Crippen LogP contribution in [0.3, 0.4) is 0 Å². The van der Waals surface area contributed by atoms with Crippen LogP contribution in [-0.4, -0.2) is 17.1 Å². The Balaban J connectivity index is 2.27. The molecule has 0 radical (unpaired) electrons. The van der Waals surface area contributed by atoms with Crippen LogP contribution in [0.1, 0.15) is 25.1 Å². The lowest BCUT2D eigenvalue weighted by Gasteiger charge is -2.02. The lowest BCUT2D eigenvalue weighted by Crippen LogP contribution is -1.98. The molecule has 0 N–H and O–H groups in total. The summed E-state index contributed by atoms with van der Waals surface area (Å²) >= 11 is 0. The second kappa shape index (κ2) is 7.58. The van der Waals surface area contributed by atoms with Crippen molar-refractivity contribution in [2.75, 3.05) is 6.61 Å². The van der Waals surface area contributed by atoms with Crippen LogP contribution in [-0.2, 0) is 16.0 Å². The molecule has 0 atom stereocenters. The molecule has 23 heavy (non-hydrogen) atoms. The van der Waals surface area contributed by atoms with Crippen LogP contribution in [0.4, 0.5) is 4.39 Å². The van der Waals surface area contributed by atoms with Gasteiger partial charge in [-0.15, -0.1) is 0 Å². The number of aromatic nitrogens is 1. The van der Waals surface area contributed by atoms with Gasteiger partial charge in [-0.2, -0.15) is 0 Å². The summed E-state index contributed by atoms with van der Waals surface area (Å²) in [6.07, 6.45) is 7.24. The number of ether oxygens (including phenoxy) is 1. The van der Waals surface area contributed by atoms with Crippen molar-refractivity contribution < 1.29 is 13.9 Å². The van der Waals surface area contributed by atoms with Crippen LogP contribution in [0.5, 0.6) is 0 Å². The molecule has 0 aliphatic rings. The van der Waals surface area contributed by atoms with Crippen molar-refractivity contribution >= 4 is 18.2 Å². The second-order valence-corrected chi connectivity index (χ2v) is 4.99. The predicted octanol–water partition coefficient (Wildman–Crippen LogP) is 4.53. The molecule has 0 bridgehead atoms. The van der Waals surface area contributed by atoms with E-state index in [1.165, 1.54) is 18.2 Å². The van der Waals surface area contributed by atoms with Gasteiger partial charge >= 0.3 is 5.97 Å². The SMILES string of the molecule is C=Cn1cc(-c2ccc(/C=C/C(=O)OCC)cc2F)cc1CC. The zero-order chi connectivity index (χ0) is 16.8. The van der Waals surface area contributed by atoms with Gasteiger partial charge < -0.3 is 9.30 Å². The molecule has 0 saturated heterocycles. The summed E-state index contributed by atoms with van der Waals surface area (Å²) in [5, 5.41) is 0. The zero-order valence-corrected chi connectivity index (χ0v) is 13.4. The summed E-state index contributed by atoms with van der Waals surface area (Å²) in [5.74, 6) is -0.771. The molecule has 0 unspecified atom stereocenters. The Morgan fingerprint density at radius 2 is 2.13 bits per heavy atom. The van der Waals surface area contributed by atoms with E-state index in [0.717, 1.165) is 17.7 Å². The second-order valence-electron chi connectivity index (χ2n) is 4.99. The van der Waals surface area contributed by atoms with Gasteiger partial charge in [-0.3, -0.25) is 0 Å². The Labute approximate surface area is 135 Å². The molecule has 0 saturated carbocycles. The standard InChI is InChI=1S/C19H20FNO2/c1-4-16-12-15(13-21(16)5-2)17-9-7-14(11-18(17)20)8-10-19(22)23-6-3/h5,7-13H,2,4,6H2,1,3H3/b10-8+. The van der Waals surface area contributed by atoms with Gasteiger partial charge in [0.05, 0.1) is 6.61 Å². The first kappa shape index (κ1) is 16.7. The number of nitrogens with zero attached hydrogens (tertiary/aromatic N) is 1. The number of aryl methyl sites for hydroxylation is 1. The Kier molecular flexibility index (Phi) is 5.52. The molecule has 0 amide bonds. The highest BCUT2D eigenvalue weighted by molar-refractivity contribution is 5.87. The van der Waals surface area contributed by atoms with Gasteiger partial charge in [-0.25, -0.2) is 9.18 Å². The van der Waals surface area contributed by atoms with Crippen molar-refractivity contribution in [1.82, 2.24) is 4.57 Å². The number of rotatable bonds is 6. The van der Waals surface area contributed by atoms with E-state index in [0.29, 0.717) is 17.7 Å². The maximum atomic E-state index is 14.4. The van der Waals surface area contributed by atoms with E-state index in [-0.39, 0.29) is 5.82 Å². The van der Waals surface area contributed by atoms with Gasteiger partial charge in [0.2, 0.25) is 0 Å². The molecular weight excluding hydrogens is 293 g/mol. The van der Waals surface area contributed by atoms with Gasteiger partial charge in [-0.05, 0) is 37.1 Å². The van der Waals surface area contributed by atoms with E-state index in [4.69, 9.17) is 4.74 Å². The summed E-state index contributed by atoms with van der Waals surface area (Å²) in [6.45, 7) is 7.85. The van der Waals surface area contributed by atoms with Crippen LogP contribution in [0.25, 0.3) is 23.4 Å². The molecule has 0 spiro atoms. The predicted molar refractivity (Wildman–Crippen MR) is 91.3 cm³/mol. The molecule has 1 aromatic heterocycles. The maximum absolute atomic E-state index is 14.4.